The largest absolute Gasteiger partial charge is 0.381 e. The molecule has 2 aromatic heterocycles. The van der Waals surface area contributed by atoms with Crippen molar-refractivity contribution in [2.24, 2.45) is 0 Å². The first-order valence-electron chi connectivity index (χ1n) is 10.6. The van der Waals surface area contributed by atoms with Crippen molar-refractivity contribution in [3.63, 3.8) is 0 Å². The number of ether oxygens (including phenoxy) is 1. The van der Waals surface area contributed by atoms with E-state index >= 15 is 0 Å². The molecule has 3 aromatic rings. The highest BCUT2D eigenvalue weighted by atomic mass is 35.5. The highest BCUT2D eigenvalue weighted by Gasteiger charge is 2.33. The Bertz CT molecular complexity index is 1150. The second-order valence-corrected chi connectivity index (χ2v) is 10.9. The Hall–Kier alpha value is -2.36. The molecule has 10 heteroatoms. The van der Waals surface area contributed by atoms with Crippen LogP contribution in [0.3, 0.4) is 0 Å². The number of nitrogens with zero attached hydrogens (tertiary/aromatic N) is 5. The summed E-state index contributed by atoms with van der Waals surface area (Å²) in [4.78, 5) is 8.40. The maximum atomic E-state index is 13.4. The van der Waals surface area contributed by atoms with Crippen LogP contribution in [-0.4, -0.2) is 51.6 Å². The first kappa shape index (κ1) is 22.8. The fourth-order valence-electron chi connectivity index (χ4n) is 3.92. The zero-order chi connectivity index (χ0) is 22.7. The standard InChI is InChI=1S/C22H26ClN5O3S/c1-15(21-24-12-18(23)13-25-21)16(2)32(29,30)14-20-26-27-22(17-6-4-3-5-7-17)28(20)19-8-10-31-11-9-19/h3-7,12-13,15-16,19H,8-11,14H2,1-2H3/t15-,16-/m0/s1. The molecule has 3 heterocycles. The van der Waals surface area contributed by atoms with E-state index in [0.29, 0.717) is 35.7 Å². The van der Waals surface area contributed by atoms with Gasteiger partial charge in [0, 0.05) is 43.1 Å². The van der Waals surface area contributed by atoms with Gasteiger partial charge in [-0.3, -0.25) is 0 Å². The van der Waals surface area contributed by atoms with Gasteiger partial charge in [-0.15, -0.1) is 10.2 Å². The van der Waals surface area contributed by atoms with Crippen molar-refractivity contribution in [2.75, 3.05) is 13.2 Å². The quantitative estimate of drug-likeness (QED) is 0.511. The molecule has 0 bridgehead atoms. The molecule has 8 nitrogen and oxygen atoms in total. The molecule has 1 fully saturated rings. The van der Waals surface area contributed by atoms with E-state index < -0.39 is 21.0 Å². The van der Waals surface area contributed by atoms with Crippen molar-refractivity contribution in [3.05, 3.63) is 59.4 Å². The van der Waals surface area contributed by atoms with Crippen molar-refractivity contribution < 1.29 is 13.2 Å². The Kier molecular flexibility index (Phi) is 6.88. The average molecular weight is 476 g/mol. The maximum absolute atomic E-state index is 13.4. The van der Waals surface area contributed by atoms with E-state index in [2.05, 4.69) is 20.2 Å². The molecule has 0 saturated carbocycles. The van der Waals surface area contributed by atoms with Crippen LogP contribution < -0.4 is 0 Å². The van der Waals surface area contributed by atoms with Gasteiger partial charge >= 0.3 is 0 Å². The van der Waals surface area contributed by atoms with Gasteiger partial charge in [0.2, 0.25) is 0 Å². The van der Waals surface area contributed by atoms with Crippen molar-refractivity contribution in [2.45, 2.75) is 49.7 Å². The molecule has 0 unspecified atom stereocenters. The number of rotatable bonds is 7. The Labute approximate surface area is 192 Å². The summed E-state index contributed by atoms with van der Waals surface area (Å²) in [5.41, 5.74) is 0.908. The van der Waals surface area contributed by atoms with Crippen molar-refractivity contribution >= 4 is 21.4 Å². The lowest BCUT2D eigenvalue weighted by Crippen LogP contribution is -2.29. The van der Waals surface area contributed by atoms with E-state index in [9.17, 15) is 8.42 Å². The molecule has 1 aromatic carbocycles. The van der Waals surface area contributed by atoms with E-state index in [1.54, 1.807) is 6.92 Å². The molecule has 2 atom stereocenters. The van der Waals surface area contributed by atoms with Crippen LogP contribution in [0.15, 0.2) is 42.7 Å². The van der Waals surface area contributed by atoms with E-state index in [4.69, 9.17) is 16.3 Å². The molecule has 0 amide bonds. The summed E-state index contributed by atoms with van der Waals surface area (Å²) in [6.45, 7) is 4.75. The first-order valence-corrected chi connectivity index (χ1v) is 12.7. The van der Waals surface area contributed by atoms with Crippen molar-refractivity contribution in [1.82, 2.24) is 24.7 Å². The molecule has 170 valence electrons. The zero-order valence-corrected chi connectivity index (χ0v) is 19.6. The normalized spacial score (nSPS) is 17.2. The summed E-state index contributed by atoms with van der Waals surface area (Å²) >= 11 is 5.87. The number of aromatic nitrogens is 5. The zero-order valence-electron chi connectivity index (χ0n) is 18.1. The molecule has 32 heavy (non-hydrogen) atoms. The number of sulfone groups is 1. The molecule has 0 aliphatic carbocycles. The summed E-state index contributed by atoms with van der Waals surface area (Å²) < 4.78 is 34.3. The Morgan fingerprint density at radius 1 is 1.09 bits per heavy atom. The van der Waals surface area contributed by atoms with E-state index in [1.165, 1.54) is 12.4 Å². The smallest absolute Gasteiger partial charge is 0.164 e. The topological polar surface area (TPSA) is 99.9 Å². The fraction of sp³-hybridized carbons (Fsp3) is 0.455. The average Bonchev–Trinajstić information content (AvgIpc) is 3.22. The Balaban J connectivity index is 1.65. The highest BCUT2D eigenvalue weighted by Crippen LogP contribution is 2.31. The lowest BCUT2D eigenvalue weighted by molar-refractivity contribution is 0.0693. The summed E-state index contributed by atoms with van der Waals surface area (Å²) in [6, 6.07) is 9.81. The van der Waals surface area contributed by atoms with Crippen LogP contribution in [0, 0.1) is 0 Å². The summed E-state index contributed by atoms with van der Waals surface area (Å²) in [5.74, 6) is 0.978. The molecule has 1 aliphatic heterocycles. The summed E-state index contributed by atoms with van der Waals surface area (Å²) in [7, 11) is -3.57. The SMILES string of the molecule is C[C@H](c1ncc(Cl)cn1)[C@H](C)S(=O)(=O)Cc1nnc(-c2ccccc2)n1C1CCOCC1. The molecule has 0 radical (unpaired) electrons. The van der Waals surface area contributed by atoms with Crippen molar-refractivity contribution in [3.8, 4) is 11.4 Å². The van der Waals surface area contributed by atoms with Gasteiger partial charge in [0.1, 0.15) is 17.4 Å². The fourth-order valence-corrected chi connectivity index (χ4v) is 5.58. The number of hydrogen-bond donors (Lipinski definition) is 0. The first-order chi connectivity index (χ1) is 15.4. The number of benzene rings is 1. The molecule has 0 spiro atoms. The van der Waals surface area contributed by atoms with Gasteiger partial charge in [-0.1, -0.05) is 48.9 Å². The molecule has 4 rings (SSSR count). The van der Waals surface area contributed by atoms with Crippen LogP contribution in [0.5, 0.6) is 0 Å². The number of hydrogen-bond acceptors (Lipinski definition) is 7. The minimum absolute atomic E-state index is 0.0893. The van der Waals surface area contributed by atoms with Gasteiger partial charge in [-0.05, 0) is 19.8 Å². The lowest BCUT2D eigenvalue weighted by atomic mass is 10.1. The second kappa shape index (κ2) is 9.64. The van der Waals surface area contributed by atoms with Gasteiger partial charge < -0.3 is 9.30 Å². The molecule has 1 aliphatic rings. The van der Waals surface area contributed by atoms with Crippen molar-refractivity contribution in [1.29, 1.82) is 0 Å². The highest BCUT2D eigenvalue weighted by molar-refractivity contribution is 7.91. The van der Waals surface area contributed by atoms with Crippen LogP contribution in [0.4, 0.5) is 0 Å². The van der Waals surface area contributed by atoms with E-state index in [0.717, 1.165) is 18.4 Å². The van der Waals surface area contributed by atoms with Gasteiger partial charge in [-0.25, -0.2) is 18.4 Å². The minimum atomic E-state index is -3.57. The molecule has 0 N–H and O–H groups in total. The van der Waals surface area contributed by atoms with E-state index in [1.807, 2.05) is 41.8 Å². The third-order valence-corrected chi connectivity index (χ3v) is 8.40. The van der Waals surface area contributed by atoms with Crippen LogP contribution >= 0.6 is 11.6 Å². The van der Waals surface area contributed by atoms with Gasteiger partial charge in [0.25, 0.3) is 0 Å². The predicted octanol–water partition coefficient (Wildman–Crippen LogP) is 3.85. The monoisotopic (exact) mass is 475 g/mol. The predicted molar refractivity (Wildman–Crippen MR) is 122 cm³/mol. The van der Waals surface area contributed by atoms with Crippen LogP contribution in [0.1, 0.15) is 50.3 Å². The number of halogens is 1. The third kappa shape index (κ3) is 4.84. The lowest BCUT2D eigenvalue weighted by Gasteiger charge is -2.26. The molecular formula is C22H26ClN5O3S. The van der Waals surface area contributed by atoms with Crippen LogP contribution in [0.25, 0.3) is 11.4 Å². The van der Waals surface area contributed by atoms with Gasteiger partial charge in [0.05, 0.1) is 10.3 Å². The molecule has 1 saturated heterocycles. The van der Waals surface area contributed by atoms with Crippen LogP contribution in [-0.2, 0) is 20.3 Å². The van der Waals surface area contributed by atoms with Gasteiger partial charge in [-0.2, -0.15) is 0 Å². The molecular weight excluding hydrogens is 450 g/mol. The van der Waals surface area contributed by atoms with E-state index in [-0.39, 0.29) is 11.8 Å². The minimum Gasteiger partial charge on any atom is -0.381 e. The third-order valence-electron chi connectivity index (χ3n) is 6.00. The maximum Gasteiger partial charge on any atom is 0.164 e. The summed E-state index contributed by atoms with van der Waals surface area (Å²) in [5, 5.41) is 8.42. The second-order valence-electron chi connectivity index (χ2n) is 8.08. The van der Waals surface area contributed by atoms with Crippen LogP contribution in [0.2, 0.25) is 5.02 Å². The Morgan fingerprint density at radius 2 is 1.75 bits per heavy atom. The van der Waals surface area contributed by atoms with Gasteiger partial charge in [0.15, 0.2) is 15.7 Å². The Morgan fingerprint density at radius 3 is 2.41 bits per heavy atom. The summed E-state index contributed by atoms with van der Waals surface area (Å²) in [6.07, 6.45) is 4.53.